The van der Waals surface area contributed by atoms with Gasteiger partial charge in [-0.25, -0.2) is 4.57 Å². The number of nitrogens with zero attached hydrogens (tertiary/aromatic N) is 3. The molecule has 7 heteroatoms. The zero-order valence-electron chi connectivity index (χ0n) is 10.7. The van der Waals surface area contributed by atoms with Gasteiger partial charge in [-0.15, -0.1) is 0 Å². The van der Waals surface area contributed by atoms with Crippen molar-refractivity contribution in [1.82, 2.24) is 14.8 Å². The molecule has 0 saturated carbocycles. The van der Waals surface area contributed by atoms with Crippen LogP contribution in [-0.4, -0.2) is 46.0 Å². The Kier molecular flexibility index (Phi) is 2.78. The smallest absolute Gasteiger partial charge is 0.323 e. The van der Waals surface area contributed by atoms with Crippen LogP contribution in [0.4, 0.5) is 5.82 Å². The minimum Gasteiger partial charge on any atom is -0.358 e. The molecule has 2 atom stereocenters. The number of hydrogen-bond donors (Lipinski definition) is 1. The summed E-state index contributed by atoms with van der Waals surface area (Å²) < 4.78 is 1.36. The van der Waals surface area contributed by atoms with E-state index >= 15 is 0 Å². The lowest BCUT2D eigenvalue weighted by Gasteiger charge is -2.22. The molecule has 0 radical (unpaired) electrons. The van der Waals surface area contributed by atoms with Crippen molar-refractivity contribution in [3.63, 3.8) is 0 Å². The van der Waals surface area contributed by atoms with Crippen LogP contribution in [0.5, 0.6) is 0 Å². The van der Waals surface area contributed by atoms with Gasteiger partial charge in [-0.2, -0.15) is 0 Å². The second-order valence-electron chi connectivity index (χ2n) is 5.17. The van der Waals surface area contributed by atoms with E-state index in [0.717, 1.165) is 26.1 Å². The first-order chi connectivity index (χ1) is 9.09. The standard InChI is InChI=1S/C12H16N4O3/c1-14-9(2-3-11(14)16(18)19)12(17)15-5-4-8-6-13-7-10(8)15/h2-3,8,10,13H,4-7H2,1H3/t8-,10+/m0/s1. The Bertz CT molecular complexity index is 539. The van der Waals surface area contributed by atoms with E-state index < -0.39 is 4.92 Å². The van der Waals surface area contributed by atoms with E-state index in [2.05, 4.69) is 5.32 Å². The summed E-state index contributed by atoms with van der Waals surface area (Å²) in [5.74, 6) is 0.370. The monoisotopic (exact) mass is 264 g/mol. The van der Waals surface area contributed by atoms with Crippen molar-refractivity contribution in [2.24, 2.45) is 13.0 Å². The topological polar surface area (TPSA) is 80.4 Å². The van der Waals surface area contributed by atoms with Gasteiger partial charge in [0.1, 0.15) is 0 Å². The summed E-state index contributed by atoms with van der Waals surface area (Å²) in [5, 5.41) is 14.1. The molecule has 0 spiro atoms. The number of hydrogen-bond acceptors (Lipinski definition) is 4. The van der Waals surface area contributed by atoms with E-state index in [9.17, 15) is 14.9 Å². The molecule has 3 rings (SSSR count). The molecule has 1 aromatic heterocycles. The summed E-state index contributed by atoms with van der Waals surface area (Å²) in [5.41, 5.74) is 0.388. The van der Waals surface area contributed by atoms with Crippen LogP contribution in [0.2, 0.25) is 0 Å². The van der Waals surface area contributed by atoms with Gasteiger partial charge >= 0.3 is 5.82 Å². The molecule has 2 saturated heterocycles. The van der Waals surface area contributed by atoms with Gasteiger partial charge in [0, 0.05) is 31.7 Å². The summed E-state index contributed by atoms with van der Waals surface area (Å²) in [6.07, 6.45) is 1.01. The van der Waals surface area contributed by atoms with Crippen LogP contribution in [0.1, 0.15) is 16.9 Å². The van der Waals surface area contributed by atoms with Gasteiger partial charge in [-0.1, -0.05) is 0 Å². The minimum absolute atomic E-state index is 0.0522. The van der Waals surface area contributed by atoms with Crippen LogP contribution < -0.4 is 5.32 Å². The zero-order valence-corrected chi connectivity index (χ0v) is 10.7. The van der Waals surface area contributed by atoms with Crippen molar-refractivity contribution in [3.05, 3.63) is 27.9 Å². The Morgan fingerprint density at radius 3 is 2.95 bits per heavy atom. The lowest BCUT2D eigenvalue weighted by molar-refractivity contribution is -0.391. The third kappa shape index (κ3) is 1.81. The van der Waals surface area contributed by atoms with E-state index in [1.807, 2.05) is 4.90 Å². The van der Waals surface area contributed by atoms with E-state index in [1.165, 1.54) is 16.7 Å². The second-order valence-corrected chi connectivity index (χ2v) is 5.17. The highest BCUT2D eigenvalue weighted by Crippen LogP contribution is 2.29. The zero-order chi connectivity index (χ0) is 13.6. The van der Waals surface area contributed by atoms with Gasteiger partial charge in [-0.3, -0.25) is 4.79 Å². The molecule has 2 aliphatic heterocycles. The van der Waals surface area contributed by atoms with E-state index in [-0.39, 0.29) is 17.8 Å². The van der Waals surface area contributed by atoms with Gasteiger partial charge in [0.2, 0.25) is 0 Å². The fourth-order valence-corrected chi connectivity index (χ4v) is 3.15. The Morgan fingerprint density at radius 1 is 1.47 bits per heavy atom. The Balaban J connectivity index is 1.86. The number of likely N-dealkylation sites (tertiary alicyclic amines) is 1. The van der Waals surface area contributed by atoms with Gasteiger partial charge in [-0.05, 0) is 23.3 Å². The average Bonchev–Trinajstić information content (AvgIpc) is 3.01. The number of nitro groups is 1. The molecule has 102 valence electrons. The summed E-state index contributed by atoms with van der Waals surface area (Å²) in [7, 11) is 1.56. The largest absolute Gasteiger partial charge is 0.358 e. The number of carbonyl (C=O) groups excluding carboxylic acids is 1. The number of aromatic nitrogens is 1. The molecule has 0 aliphatic carbocycles. The third-order valence-corrected chi connectivity index (χ3v) is 4.21. The molecular formula is C12H16N4O3. The molecule has 3 heterocycles. The first-order valence-electron chi connectivity index (χ1n) is 6.41. The Morgan fingerprint density at radius 2 is 2.26 bits per heavy atom. The molecule has 0 unspecified atom stereocenters. The number of rotatable bonds is 2. The molecule has 0 aromatic carbocycles. The van der Waals surface area contributed by atoms with Crippen molar-refractivity contribution < 1.29 is 9.72 Å². The molecular weight excluding hydrogens is 248 g/mol. The normalized spacial score (nSPS) is 25.6. The fourth-order valence-electron chi connectivity index (χ4n) is 3.15. The van der Waals surface area contributed by atoms with Crippen LogP contribution in [0.3, 0.4) is 0 Å². The van der Waals surface area contributed by atoms with Gasteiger partial charge in [0.05, 0.1) is 7.05 Å². The summed E-state index contributed by atoms with van der Waals surface area (Å²) in [4.78, 5) is 24.7. The molecule has 2 fully saturated rings. The second kappa shape index (κ2) is 4.34. The van der Waals surface area contributed by atoms with Crippen molar-refractivity contribution >= 4 is 11.7 Å². The predicted molar refractivity (Wildman–Crippen MR) is 67.9 cm³/mol. The molecule has 19 heavy (non-hydrogen) atoms. The summed E-state index contributed by atoms with van der Waals surface area (Å²) in [6, 6.07) is 3.16. The highest BCUT2D eigenvalue weighted by atomic mass is 16.6. The fraction of sp³-hybridized carbons (Fsp3) is 0.583. The number of nitrogens with one attached hydrogen (secondary N) is 1. The van der Waals surface area contributed by atoms with Crippen molar-refractivity contribution in [2.45, 2.75) is 12.5 Å². The van der Waals surface area contributed by atoms with Gasteiger partial charge < -0.3 is 20.3 Å². The van der Waals surface area contributed by atoms with E-state index in [4.69, 9.17) is 0 Å². The van der Waals surface area contributed by atoms with E-state index in [1.54, 1.807) is 7.05 Å². The van der Waals surface area contributed by atoms with Crippen molar-refractivity contribution in [1.29, 1.82) is 0 Å². The van der Waals surface area contributed by atoms with Crippen molar-refractivity contribution in [2.75, 3.05) is 19.6 Å². The quantitative estimate of drug-likeness (QED) is 0.618. The number of amides is 1. The van der Waals surface area contributed by atoms with Crippen LogP contribution >= 0.6 is 0 Å². The maximum atomic E-state index is 12.5. The molecule has 2 aliphatic rings. The lowest BCUT2D eigenvalue weighted by Crippen LogP contribution is -2.39. The van der Waals surface area contributed by atoms with Gasteiger partial charge in [0.25, 0.3) is 5.91 Å². The highest BCUT2D eigenvalue weighted by molar-refractivity contribution is 5.93. The summed E-state index contributed by atoms with van der Waals surface area (Å²) >= 11 is 0. The maximum absolute atomic E-state index is 12.5. The van der Waals surface area contributed by atoms with E-state index in [0.29, 0.717) is 11.6 Å². The minimum atomic E-state index is -0.472. The first kappa shape index (κ1) is 12.2. The maximum Gasteiger partial charge on any atom is 0.323 e. The molecule has 1 N–H and O–H groups in total. The van der Waals surface area contributed by atoms with Crippen LogP contribution in [-0.2, 0) is 7.05 Å². The molecule has 1 aromatic rings. The molecule has 0 bridgehead atoms. The van der Waals surface area contributed by atoms with Crippen LogP contribution in [0.15, 0.2) is 12.1 Å². The van der Waals surface area contributed by atoms with Crippen LogP contribution in [0, 0.1) is 16.0 Å². The highest BCUT2D eigenvalue weighted by Gasteiger charge is 2.41. The molecule has 7 nitrogen and oxygen atoms in total. The average molecular weight is 264 g/mol. The SMILES string of the molecule is Cn1c(C(=O)N2CC[C@H]3CNC[C@H]32)ccc1[N+](=O)[O-]. The Labute approximate surface area is 110 Å². The summed E-state index contributed by atoms with van der Waals surface area (Å²) in [6.45, 7) is 2.53. The molecule has 1 amide bonds. The first-order valence-corrected chi connectivity index (χ1v) is 6.41. The lowest BCUT2D eigenvalue weighted by atomic mass is 10.1. The third-order valence-electron chi connectivity index (χ3n) is 4.21. The van der Waals surface area contributed by atoms with Crippen molar-refractivity contribution in [3.8, 4) is 0 Å². The Hall–Kier alpha value is -1.89. The van der Waals surface area contributed by atoms with Gasteiger partial charge in [0.15, 0.2) is 5.69 Å². The number of carbonyl (C=O) groups is 1. The number of fused-ring (bicyclic) bond motifs is 1. The predicted octanol–water partition coefficient (Wildman–Crippen LogP) is 0.367. The van der Waals surface area contributed by atoms with Crippen LogP contribution in [0.25, 0.3) is 0 Å².